The van der Waals surface area contributed by atoms with Crippen molar-refractivity contribution in [1.29, 1.82) is 5.26 Å². The van der Waals surface area contributed by atoms with E-state index in [0.717, 1.165) is 40.2 Å². The molecular formula is C29H23N3O2S. The second-order valence-corrected chi connectivity index (χ2v) is 9.12. The molecule has 0 saturated heterocycles. The molecule has 0 bridgehead atoms. The quantitative estimate of drug-likeness (QED) is 0.320. The highest BCUT2D eigenvalue weighted by atomic mass is 32.2. The number of carbonyl (C=O) groups is 1. The average molecular weight is 478 g/mol. The molecule has 0 radical (unpaired) electrons. The van der Waals surface area contributed by atoms with E-state index in [-0.39, 0.29) is 11.7 Å². The molecule has 1 amide bonds. The molecule has 35 heavy (non-hydrogen) atoms. The summed E-state index contributed by atoms with van der Waals surface area (Å²) >= 11 is 1.32. The first-order chi connectivity index (χ1) is 17.2. The monoisotopic (exact) mass is 477 g/mol. The molecule has 4 aromatic rings. The summed E-state index contributed by atoms with van der Waals surface area (Å²) in [5.41, 5.74) is 6.02. The van der Waals surface area contributed by atoms with Crippen molar-refractivity contribution in [2.45, 2.75) is 11.4 Å². The molecule has 3 aromatic carbocycles. The number of methoxy groups -OCH3 is 1. The van der Waals surface area contributed by atoms with Crippen molar-refractivity contribution in [3.8, 4) is 34.2 Å². The van der Waals surface area contributed by atoms with Crippen LogP contribution in [0.25, 0.3) is 22.4 Å². The third-order valence-electron chi connectivity index (χ3n) is 6.09. The summed E-state index contributed by atoms with van der Waals surface area (Å²) in [5, 5.41) is 10.7. The van der Waals surface area contributed by atoms with E-state index in [4.69, 9.17) is 9.72 Å². The number of thioether (sulfide) groups is 1. The number of hydrogen-bond acceptors (Lipinski definition) is 5. The first kappa shape index (κ1) is 22.7. The summed E-state index contributed by atoms with van der Waals surface area (Å²) in [5.74, 6) is 0.966. The molecule has 172 valence electrons. The number of nitrogens with zero attached hydrogens (tertiary/aromatic N) is 3. The number of carbonyl (C=O) groups excluding carboxylic acids is 1. The summed E-state index contributed by atoms with van der Waals surface area (Å²) in [4.78, 5) is 19.8. The van der Waals surface area contributed by atoms with Crippen LogP contribution < -0.4 is 9.64 Å². The van der Waals surface area contributed by atoms with E-state index in [1.54, 1.807) is 7.11 Å². The van der Waals surface area contributed by atoms with Gasteiger partial charge in [-0.15, -0.1) is 0 Å². The van der Waals surface area contributed by atoms with Crippen LogP contribution in [0.4, 0.5) is 5.69 Å². The molecule has 1 aromatic heterocycles. The number of para-hydroxylation sites is 1. The first-order valence-corrected chi connectivity index (χ1v) is 12.3. The zero-order valence-electron chi connectivity index (χ0n) is 19.3. The topological polar surface area (TPSA) is 66.2 Å². The molecule has 5 rings (SSSR count). The minimum Gasteiger partial charge on any atom is -0.497 e. The zero-order valence-corrected chi connectivity index (χ0v) is 20.1. The summed E-state index contributed by atoms with van der Waals surface area (Å²) in [6.45, 7) is 0.679. The largest absolute Gasteiger partial charge is 0.497 e. The molecule has 0 aliphatic carbocycles. The van der Waals surface area contributed by atoms with Crippen molar-refractivity contribution in [2.24, 2.45) is 0 Å². The van der Waals surface area contributed by atoms with Crippen LogP contribution in [0.15, 0.2) is 90.0 Å². The first-order valence-electron chi connectivity index (χ1n) is 11.3. The highest BCUT2D eigenvalue weighted by Gasteiger charge is 2.25. The minimum absolute atomic E-state index is 0.0155. The second kappa shape index (κ2) is 10.0. The molecular weight excluding hydrogens is 454 g/mol. The number of benzene rings is 3. The molecule has 6 heteroatoms. The number of nitriles is 1. The lowest BCUT2D eigenvalue weighted by Gasteiger charge is -2.18. The standard InChI is InChI=1S/C29H23N3O2S/c1-34-23-13-11-20(12-14-23)24-17-26(21-7-3-2-4-8-21)31-29(25(24)18-30)35-19-28(33)32-16-15-22-9-5-6-10-27(22)32/h2-14,17H,15-16,19H2,1H3. The van der Waals surface area contributed by atoms with Gasteiger partial charge in [-0.2, -0.15) is 5.26 Å². The van der Waals surface area contributed by atoms with Crippen molar-refractivity contribution in [3.63, 3.8) is 0 Å². The number of rotatable bonds is 6. The Bertz CT molecular complexity index is 1410. The van der Waals surface area contributed by atoms with Crippen LogP contribution in [0.3, 0.4) is 0 Å². The highest BCUT2D eigenvalue weighted by molar-refractivity contribution is 8.00. The van der Waals surface area contributed by atoms with Gasteiger partial charge in [0, 0.05) is 23.4 Å². The molecule has 0 N–H and O–H groups in total. The van der Waals surface area contributed by atoms with E-state index >= 15 is 0 Å². The zero-order chi connectivity index (χ0) is 24.2. The predicted octanol–water partition coefficient (Wildman–Crippen LogP) is 5.98. The van der Waals surface area contributed by atoms with Gasteiger partial charge in [0.05, 0.1) is 24.1 Å². The number of hydrogen-bond donors (Lipinski definition) is 0. The highest BCUT2D eigenvalue weighted by Crippen LogP contribution is 2.35. The number of fused-ring (bicyclic) bond motifs is 1. The van der Waals surface area contributed by atoms with Gasteiger partial charge < -0.3 is 9.64 Å². The third-order valence-corrected chi connectivity index (χ3v) is 7.05. The number of pyridine rings is 1. The normalized spacial score (nSPS) is 12.2. The van der Waals surface area contributed by atoms with Crippen LogP contribution >= 0.6 is 11.8 Å². The molecule has 0 unspecified atom stereocenters. The van der Waals surface area contributed by atoms with Crippen molar-refractivity contribution in [1.82, 2.24) is 4.98 Å². The molecule has 0 fully saturated rings. The van der Waals surface area contributed by atoms with Crippen molar-refractivity contribution in [3.05, 3.63) is 96.1 Å². The van der Waals surface area contributed by atoms with Crippen LogP contribution in [0.1, 0.15) is 11.1 Å². The van der Waals surface area contributed by atoms with E-state index in [1.165, 1.54) is 17.3 Å². The average Bonchev–Trinajstić information content (AvgIpc) is 3.36. The fourth-order valence-electron chi connectivity index (χ4n) is 4.29. The van der Waals surface area contributed by atoms with E-state index in [0.29, 0.717) is 17.1 Å². The number of ether oxygens (including phenoxy) is 1. The van der Waals surface area contributed by atoms with Gasteiger partial charge in [0.25, 0.3) is 0 Å². The fraction of sp³-hybridized carbons (Fsp3) is 0.138. The number of aromatic nitrogens is 1. The summed E-state index contributed by atoms with van der Waals surface area (Å²) in [6.07, 6.45) is 0.861. The van der Waals surface area contributed by atoms with E-state index < -0.39 is 0 Å². The maximum atomic E-state index is 13.1. The van der Waals surface area contributed by atoms with Crippen LogP contribution in [-0.4, -0.2) is 30.3 Å². The SMILES string of the molecule is COc1ccc(-c2cc(-c3ccccc3)nc(SCC(=O)N3CCc4ccccc43)c2C#N)cc1. The Morgan fingerprint density at radius 3 is 2.51 bits per heavy atom. The minimum atomic E-state index is 0.0155. The lowest BCUT2D eigenvalue weighted by Crippen LogP contribution is -2.30. The van der Waals surface area contributed by atoms with Gasteiger partial charge in [0.2, 0.25) is 5.91 Å². The Morgan fingerprint density at radius 1 is 1.03 bits per heavy atom. The van der Waals surface area contributed by atoms with Crippen LogP contribution in [-0.2, 0) is 11.2 Å². The Kier molecular flexibility index (Phi) is 6.51. The van der Waals surface area contributed by atoms with Crippen LogP contribution in [0.2, 0.25) is 0 Å². The molecule has 1 aliphatic heterocycles. The van der Waals surface area contributed by atoms with Gasteiger partial charge in [0.15, 0.2) is 0 Å². The summed E-state index contributed by atoms with van der Waals surface area (Å²) in [6, 6.07) is 29.8. The Labute approximate surface area is 209 Å². The van der Waals surface area contributed by atoms with Gasteiger partial charge >= 0.3 is 0 Å². The lowest BCUT2D eigenvalue weighted by molar-refractivity contribution is -0.116. The fourth-order valence-corrected chi connectivity index (χ4v) is 5.17. The van der Waals surface area contributed by atoms with Crippen LogP contribution in [0, 0.1) is 11.3 Å². The van der Waals surface area contributed by atoms with Crippen molar-refractivity contribution in [2.75, 3.05) is 24.3 Å². The van der Waals surface area contributed by atoms with Crippen molar-refractivity contribution < 1.29 is 9.53 Å². The van der Waals surface area contributed by atoms with Crippen molar-refractivity contribution >= 4 is 23.4 Å². The molecule has 0 spiro atoms. The molecule has 0 atom stereocenters. The molecule has 2 heterocycles. The van der Waals surface area contributed by atoms with E-state index in [2.05, 4.69) is 12.1 Å². The van der Waals surface area contributed by atoms with Gasteiger partial charge in [0.1, 0.15) is 16.8 Å². The number of amides is 1. The molecule has 0 saturated carbocycles. The molecule has 5 nitrogen and oxygen atoms in total. The van der Waals surface area contributed by atoms with Gasteiger partial charge in [-0.25, -0.2) is 4.98 Å². The second-order valence-electron chi connectivity index (χ2n) is 8.15. The van der Waals surface area contributed by atoms with E-state index in [9.17, 15) is 10.1 Å². The van der Waals surface area contributed by atoms with Crippen LogP contribution in [0.5, 0.6) is 5.75 Å². The lowest BCUT2D eigenvalue weighted by atomic mass is 9.99. The number of anilines is 1. The Hall–Kier alpha value is -4.08. The van der Waals surface area contributed by atoms with Gasteiger partial charge in [-0.1, -0.05) is 72.4 Å². The maximum absolute atomic E-state index is 13.1. The third kappa shape index (κ3) is 4.64. The van der Waals surface area contributed by atoms with E-state index in [1.807, 2.05) is 83.8 Å². The Morgan fingerprint density at radius 2 is 1.77 bits per heavy atom. The molecule has 1 aliphatic rings. The van der Waals surface area contributed by atoms with Gasteiger partial charge in [-0.05, 0) is 41.8 Å². The van der Waals surface area contributed by atoms with Gasteiger partial charge in [-0.3, -0.25) is 4.79 Å². The Balaban J connectivity index is 1.50. The maximum Gasteiger partial charge on any atom is 0.237 e. The summed E-state index contributed by atoms with van der Waals surface area (Å²) in [7, 11) is 1.63. The summed E-state index contributed by atoms with van der Waals surface area (Å²) < 4.78 is 5.29. The smallest absolute Gasteiger partial charge is 0.237 e. The predicted molar refractivity (Wildman–Crippen MR) is 140 cm³/mol.